The number of amides is 2. The van der Waals surface area contributed by atoms with Gasteiger partial charge in [0.25, 0.3) is 0 Å². The number of ether oxygens (including phenoxy) is 2. The first-order valence-electron chi connectivity index (χ1n) is 14.0. The van der Waals surface area contributed by atoms with Crippen molar-refractivity contribution in [2.24, 2.45) is 0 Å². The second-order valence-electron chi connectivity index (χ2n) is 11.4. The van der Waals surface area contributed by atoms with Gasteiger partial charge < -0.3 is 29.7 Å². The van der Waals surface area contributed by atoms with Crippen molar-refractivity contribution in [2.75, 3.05) is 24.1 Å². The molecule has 44 heavy (non-hydrogen) atoms. The number of carbonyl (C=O) groups excluding carboxylic acids is 1. The number of nitrogens with zero attached hydrogens (tertiary/aromatic N) is 4. The number of urea groups is 1. The van der Waals surface area contributed by atoms with Crippen molar-refractivity contribution in [3.05, 3.63) is 95.4 Å². The second-order valence-corrected chi connectivity index (χ2v) is 12.9. The van der Waals surface area contributed by atoms with Crippen LogP contribution in [-0.4, -0.2) is 45.2 Å². The molecule has 0 saturated heterocycles. The number of carbonyl (C=O) groups is 1. The highest BCUT2D eigenvalue weighted by Gasteiger charge is 2.36. The molecule has 0 radical (unpaired) electrons. The molecule has 2 aliphatic rings. The molecule has 0 spiro atoms. The molecule has 228 valence electrons. The minimum atomic E-state index is -0.409. The summed E-state index contributed by atoms with van der Waals surface area (Å²) >= 11 is 7.93. The number of phenolic OH excluding ortho intramolecular Hbond substituents is 1. The van der Waals surface area contributed by atoms with Crippen LogP contribution in [0.5, 0.6) is 17.2 Å². The van der Waals surface area contributed by atoms with Crippen LogP contribution in [0.25, 0.3) is 5.69 Å². The minimum absolute atomic E-state index is 0.0312. The van der Waals surface area contributed by atoms with Crippen LogP contribution >= 0.6 is 23.4 Å². The van der Waals surface area contributed by atoms with Gasteiger partial charge in [-0.15, -0.1) is 0 Å². The van der Waals surface area contributed by atoms with Crippen molar-refractivity contribution in [3.8, 4) is 22.9 Å². The van der Waals surface area contributed by atoms with Crippen molar-refractivity contribution in [3.63, 3.8) is 0 Å². The number of phenols is 1. The van der Waals surface area contributed by atoms with Crippen LogP contribution in [0.1, 0.15) is 32.0 Å². The lowest BCUT2D eigenvalue weighted by atomic mass is 9.92. The average molecular weight is 633 g/mol. The van der Waals surface area contributed by atoms with E-state index in [2.05, 4.69) is 32.7 Å². The Morgan fingerprint density at radius 1 is 1.09 bits per heavy atom. The normalized spacial score (nSPS) is 15.3. The van der Waals surface area contributed by atoms with Crippen molar-refractivity contribution in [1.82, 2.24) is 20.0 Å². The van der Waals surface area contributed by atoms with E-state index in [0.29, 0.717) is 29.7 Å². The Morgan fingerprint density at radius 2 is 1.91 bits per heavy atom. The number of halogens is 1. The molecule has 0 saturated carbocycles. The highest BCUT2D eigenvalue weighted by molar-refractivity contribution is 8.00. The summed E-state index contributed by atoms with van der Waals surface area (Å²) in [5.41, 5.74) is 3.14. The van der Waals surface area contributed by atoms with Crippen LogP contribution in [0.3, 0.4) is 0 Å². The Labute approximate surface area is 265 Å². The van der Waals surface area contributed by atoms with Crippen molar-refractivity contribution < 1.29 is 19.4 Å². The molecule has 2 aliphatic heterocycles. The lowest BCUT2D eigenvalue weighted by Gasteiger charge is -2.25. The van der Waals surface area contributed by atoms with E-state index in [0.717, 1.165) is 16.9 Å². The lowest BCUT2D eigenvalue weighted by molar-refractivity contribution is 0.0961. The smallest absolute Gasteiger partial charge is 0.320 e. The number of methoxy groups -OCH3 is 1. The zero-order chi connectivity index (χ0) is 31.0. The Morgan fingerprint density at radius 3 is 2.68 bits per heavy atom. The van der Waals surface area contributed by atoms with Crippen LogP contribution in [0.15, 0.2) is 84.0 Å². The SMILES string of the molecule is COCN1C=CN2c3cc(Oc4ccccc4CNC(=O)Nc4cc(C(C)(C)C)nn4-c4ccc(O)c(Cl)c4)ccc3SC12. The third-order valence-electron chi connectivity index (χ3n) is 7.19. The Bertz CT molecular complexity index is 1740. The van der Waals surface area contributed by atoms with Gasteiger partial charge in [0.2, 0.25) is 0 Å². The van der Waals surface area contributed by atoms with E-state index in [-0.39, 0.29) is 28.2 Å². The molecule has 3 aromatic carbocycles. The van der Waals surface area contributed by atoms with Crippen LogP contribution < -0.4 is 20.3 Å². The Kier molecular flexibility index (Phi) is 8.10. The van der Waals surface area contributed by atoms with Gasteiger partial charge in [-0.3, -0.25) is 5.32 Å². The summed E-state index contributed by atoms with van der Waals surface area (Å²) in [6, 6.07) is 19.9. The number of fused-ring (bicyclic) bond motifs is 3. The number of hydrogen-bond donors (Lipinski definition) is 3. The predicted octanol–water partition coefficient (Wildman–Crippen LogP) is 7.23. The minimum Gasteiger partial charge on any atom is -0.506 e. The van der Waals surface area contributed by atoms with Gasteiger partial charge in [-0.2, -0.15) is 5.10 Å². The maximum Gasteiger partial charge on any atom is 0.320 e. The van der Waals surface area contributed by atoms with Crippen LogP contribution in [0.4, 0.5) is 16.3 Å². The van der Waals surface area contributed by atoms with Crippen LogP contribution in [0, 0.1) is 0 Å². The summed E-state index contributed by atoms with van der Waals surface area (Å²) < 4.78 is 13.3. The van der Waals surface area contributed by atoms with Gasteiger partial charge in [-0.1, -0.05) is 62.3 Å². The number of anilines is 2. The molecular weight excluding hydrogens is 600 g/mol. The largest absolute Gasteiger partial charge is 0.506 e. The van der Waals surface area contributed by atoms with Gasteiger partial charge in [-0.25, -0.2) is 9.48 Å². The number of para-hydroxylation sites is 1. The molecule has 12 heteroatoms. The number of hydrogen-bond acceptors (Lipinski definition) is 8. The van der Waals surface area contributed by atoms with Gasteiger partial charge >= 0.3 is 6.03 Å². The first-order valence-corrected chi connectivity index (χ1v) is 15.3. The molecule has 10 nitrogen and oxygen atoms in total. The maximum absolute atomic E-state index is 13.1. The van der Waals surface area contributed by atoms with Gasteiger partial charge in [0.05, 0.1) is 22.1 Å². The molecule has 0 fully saturated rings. The fraction of sp³-hybridized carbons (Fsp3) is 0.250. The molecule has 0 aliphatic carbocycles. The lowest BCUT2D eigenvalue weighted by Crippen LogP contribution is -2.33. The van der Waals surface area contributed by atoms with Crippen LogP contribution in [0.2, 0.25) is 5.02 Å². The van der Waals surface area contributed by atoms with Gasteiger partial charge in [0, 0.05) is 54.1 Å². The standard InChI is InChI=1S/C32H33ClN6O4S/c1-32(2,3)28-17-29(39(36-28)21-9-11-25(40)23(33)15-21)35-30(41)34-18-20-7-5-6-8-26(20)43-22-10-12-27-24(16-22)38-14-13-37(19-42-4)31(38)44-27/h5-17,31,40H,18-19H2,1-4H3,(H2,34,35,41). The number of nitrogens with one attached hydrogen (secondary N) is 2. The van der Waals surface area contributed by atoms with Gasteiger partial charge in [0.1, 0.15) is 29.8 Å². The van der Waals surface area contributed by atoms with E-state index in [1.807, 2.05) is 69.4 Å². The summed E-state index contributed by atoms with van der Waals surface area (Å²) in [4.78, 5) is 18.6. The van der Waals surface area contributed by atoms with E-state index in [9.17, 15) is 9.90 Å². The molecule has 6 rings (SSSR count). The highest BCUT2D eigenvalue weighted by Crippen LogP contribution is 2.48. The average Bonchev–Trinajstić information content (AvgIpc) is 3.69. The molecule has 1 aromatic heterocycles. The van der Waals surface area contributed by atoms with Gasteiger partial charge in [0.15, 0.2) is 5.50 Å². The summed E-state index contributed by atoms with van der Waals surface area (Å²) in [5.74, 6) is 1.78. The monoisotopic (exact) mass is 632 g/mol. The summed E-state index contributed by atoms with van der Waals surface area (Å²) in [6.07, 6.45) is 4.08. The number of aromatic nitrogens is 2. The zero-order valence-corrected chi connectivity index (χ0v) is 26.3. The van der Waals surface area contributed by atoms with E-state index in [1.54, 1.807) is 35.7 Å². The third-order valence-corrected chi connectivity index (χ3v) is 8.81. The Hall–Kier alpha value is -4.32. The number of thioether (sulfide) groups is 1. The first kappa shape index (κ1) is 29.7. The first-order chi connectivity index (χ1) is 21.1. The summed E-state index contributed by atoms with van der Waals surface area (Å²) in [6.45, 7) is 6.87. The van der Waals surface area contributed by atoms with E-state index in [4.69, 9.17) is 26.2 Å². The molecule has 1 atom stereocenters. The highest BCUT2D eigenvalue weighted by atomic mass is 35.5. The predicted molar refractivity (Wildman–Crippen MR) is 173 cm³/mol. The van der Waals surface area contributed by atoms with E-state index >= 15 is 0 Å². The van der Waals surface area contributed by atoms with E-state index < -0.39 is 6.03 Å². The fourth-order valence-electron chi connectivity index (χ4n) is 4.89. The fourth-order valence-corrected chi connectivity index (χ4v) is 6.29. The second kappa shape index (κ2) is 12.0. The number of aromatic hydroxyl groups is 1. The molecule has 2 amide bonds. The molecule has 0 bridgehead atoms. The van der Waals surface area contributed by atoms with Crippen molar-refractivity contribution in [1.29, 1.82) is 0 Å². The molecule has 3 heterocycles. The van der Waals surface area contributed by atoms with Gasteiger partial charge in [-0.05, 0) is 36.4 Å². The molecular formula is C32H33ClN6O4S. The maximum atomic E-state index is 13.1. The summed E-state index contributed by atoms with van der Waals surface area (Å²) in [5, 5.41) is 20.6. The molecule has 3 N–H and O–H groups in total. The number of benzene rings is 3. The third kappa shape index (κ3) is 6.03. The quantitative estimate of drug-likeness (QED) is 0.187. The summed E-state index contributed by atoms with van der Waals surface area (Å²) in [7, 11) is 1.69. The zero-order valence-electron chi connectivity index (χ0n) is 24.7. The molecule has 1 unspecified atom stereocenters. The van der Waals surface area contributed by atoms with Crippen LogP contribution in [-0.2, 0) is 16.7 Å². The Balaban J connectivity index is 1.15. The molecule has 4 aromatic rings. The van der Waals surface area contributed by atoms with Crippen molar-refractivity contribution in [2.45, 2.75) is 43.1 Å². The topological polar surface area (TPSA) is 104 Å². The number of rotatable bonds is 8. The van der Waals surface area contributed by atoms with Crippen molar-refractivity contribution >= 4 is 40.9 Å². The van der Waals surface area contributed by atoms with E-state index in [1.165, 1.54) is 11.0 Å².